The first kappa shape index (κ1) is 20.1. The number of alkyl halides is 2. The van der Waals surface area contributed by atoms with Crippen LogP contribution >= 0.6 is 0 Å². The Balaban J connectivity index is 1.56. The number of amides is 1. The van der Waals surface area contributed by atoms with E-state index in [4.69, 9.17) is 4.42 Å². The van der Waals surface area contributed by atoms with Crippen LogP contribution in [0.1, 0.15) is 32.1 Å². The minimum Gasteiger partial charge on any atom is -0.415 e. The summed E-state index contributed by atoms with van der Waals surface area (Å²) in [6.45, 7) is 3.70. The lowest BCUT2D eigenvalue weighted by molar-refractivity contribution is -0.130. The summed E-state index contributed by atoms with van der Waals surface area (Å²) in [4.78, 5) is 17.7. The van der Waals surface area contributed by atoms with Crippen LogP contribution in [0, 0.1) is 11.7 Å². The van der Waals surface area contributed by atoms with Crippen molar-refractivity contribution in [2.45, 2.75) is 32.7 Å². The van der Waals surface area contributed by atoms with Gasteiger partial charge in [0.15, 0.2) is 0 Å². The van der Waals surface area contributed by atoms with Crippen molar-refractivity contribution in [2.75, 3.05) is 13.1 Å². The van der Waals surface area contributed by atoms with Gasteiger partial charge in [-0.25, -0.2) is 9.37 Å². The van der Waals surface area contributed by atoms with Gasteiger partial charge in [0.25, 0.3) is 5.89 Å². The quantitative estimate of drug-likeness (QED) is 0.626. The second-order valence-electron chi connectivity index (χ2n) is 7.33. The minimum absolute atomic E-state index is 0.0834. The first-order valence-electron chi connectivity index (χ1n) is 9.60. The van der Waals surface area contributed by atoms with Crippen LogP contribution in [0.15, 0.2) is 35.0 Å². The molecule has 1 aliphatic rings. The number of piperidine rings is 1. The van der Waals surface area contributed by atoms with Crippen molar-refractivity contribution >= 4 is 5.91 Å². The zero-order valence-corrected chi connectivity index (χ0v) is 16.3. The highest BCUT2D eigenvalue weighted by atomic mass is 19.3. The summed E-state index contributed by atoms with van der Waals surface area (Å²) in [7, 11) is 0. The summed E-state index contributed by atoms with van der Waals surface area (Å²) >= 11 is 0. The Labute approximate surface area is 170 Å². The molecule has 1 amide bonds. The van der Waals surface area contributed by atoms with Gasteiger partial charge in [-0.15, -0.1) is 10.2 Å². The number of likely N-dealkylation sites (tertiary alicyclic amines) is 1. The lowest BCUT2D eigenvalue weighted by Gasteiger charge is -2.31. The molecule has 2 aromatic heterocycles. The van der Waals surface area contributed by atoms with E-state index in [0.29, 0.717) is 23.9 Å². The number of benzene rings is 1. The van der Waals surface area contributed by atoms with Gasteiger partial charge in [0, 0.05) is 50.1 Å². The number of rotatable bonds is 5. The van der Waals surface area contributed by atoms with E-state index >= 15 is 0 Å². The number of hydrogen-bond acceptors (Lipinski definition) is 5. The van der Waals surface area contributed by atoms with E-state index in [2.05, 4.69) is 15.2 Å². The van der Waals surface area contributed by atoms with E-state index in [-0.39, 0.29) is 17.4 Å². The third-order valence-corrected chi connectivity index (χ3v) is 5.26. The summed E-state index contributed by atoms with van der Waals surface area (Å²) in [5.41, 5.74) is 0.682. The van der Waals surface area contributed by atoms with E-state index in [0.717, 1.165) is 32.0 Å². The number of hydrogen-bond donors (Lipinski definition) is 0. The molecular weight excluding hydrogens is 399 g/mol. The van der Waals surface area contributed by atoms with Crippen LogP contribution in [0.2, 0.25) is 0 Å². The van der Waals surface area contributed by atoms with Crippen molar-refractivity contribution in [1.29, 1.82) is 0 Å². The van der Waals surface area contributed by atoms with Crippen molar-refractivity contribution in [1.82, 2.24) is 24.6 Å². The SMILES string of the molecule is CC(=O)N1CCC(Cn2ccnc2-c2cc(F)cc(-c3nnc(C(F)F)o3)c2)CC1. The molecule has 30 heavy (non-hydrogen) atoms. The number of carbonyl (C=O) groups excluding carboxylic acids is 1. The van der Waals surface area contributed by atoms with Gasteiger partial charge in [0.2, 0.25) is 11.8 Å². The summed E-state index contributed by atoms with van der Waals surface area (Å²) < 4.78 is 46.6. The summed E-state index contributed by atoms with van der Waals surface area (Å²) in [6.07, 6.45) is 2.31. The van der Waals surface area contributed by atoms with Gasteiger partial charge in [-0.05, 0) is 37.0 Å². The topological polar surface area (TPSA) is 77.1 Å². The molecule has 1 fully saturated rings. The fourth-order valence-electron chi connectivity index (χ4n) is 3.71. The molecule has 0 saturated carbocycles. The molecule has 3 aromatic rings. The molecule has 4 rings (SSSR count). The highest BCUT2D eigenvalue weighted by Crippen LogP contribution is 2.29. The number of aromatic nitrogens is 4. The van der Waals surface area contributed by atoms with Crippen molar-refractivity contribution < 1.29 is 22.4 Å². The fourth-order valence-corrected chi connectivity index (χ4v) is 3.71. The van der Waals surface area contributed by atoms with Crippen LogP contribution in [-0.4, -0.2) is 43.6 Å². The maximum absolute atomic E-state index is 14.3. The summed E-state index contributed by atoms with van der Waals surface area (Å²) in [5, 5.41) is 6.88. The first-order valence-corrected chi connectivity index (χ1v) is 9.60. The van der Waals surface area contributed by atoms with Gasteiger partial charge in [-0.1, -0.05) is 0 Å². The van der Waals surface area contributed by atoms with E-state index in [1.54, 1.807) is 19.2 Å². The Bertz CT molecular complexity index is 1040. The minimum atomic E-state index is -2.90. The molecule has 1 aromatic carbocycles. The van der Waals surface area contributed by atoms with Gasteiger partial charge in [-0.3, -0.25) is 4.79 Å². The Morgan fingerprint density at radius 1 is 1.20 bits per heavy atom. The summed E-state index contributed by atoms with van der Waals surface area (Å²) in [6, 6.07) is 4.06. The van der Waals surface area contributed by atoms with Gasteiger partial charge >= 0.3 is 6.43 Å². The average molecular weight is 419 g/mol. The van der Waals surface area contributed by atoms with Gasteiger partial charge < -0.3 is 13.9 Å². The number of halogens is 3. The molecule has 1 aliphatic heterocycles. The molecule has 0 spiro atoms. The van der Waals surface area contributed by atoms with E-state index in [1.807, 2.05) is 15.7 Å². The molecule has 10 heteroatoms. The second-order valence-corrected chi connectivity index (χ2v) is 7.33. The molecular formula is C20H20F3N5O2. The zero-order chi connectivity index (χ0) is 21.3. The lowest BCUT2D eigenvalue weighted by atomic mass is 9.96. The molecule has 0 unspecified atom stereocenters. The predicted molar refractivity (Wildman–Crippen MR) is 101 cm³/mol. The Morgan fingerprint density at radius 3 is 2.60 bits per heavy atom. The zero-order valence-electron chi connectivity index (χ0n) is 16.3. The van der Waals surface area contributed by atoms with E-state index in [1.165, 1.54) is 6.07 Å². The summed E-state index contributed by atoms with van der Waals surface area (Å²) in [5.74, 6) is -0.553. The molecule has 7 nitrogen and oxygen atoms in total. The Morgan fingerprint density at radius 2 is 1.93 bits per heavy atom. The molecule has 0 atom stereocenters. The van der Waals surface area contributed by atoms with E-state index in [9.17, 15) is 18.0 Å². The third kappa shape index (κ3) is 4.22. The van der Waals surface area contributed by atoms with Crippen LogP contribution in [-0.2, 0) is 11.3 Å². The normalized spacial score (nSPS) is 15.2. The fraction of sp³-hybridized carbons (Fsp3) is 0.400. The predicted octanol–water partition coefficient (Wildman–Crippen LogP) is 3.94. The maximum atomic E-state index is 14.3. The lowest BCUT2D eigenvalue weighted by Crippen LogP contribution is -2.37. The van der Waals surface area contributed by atoms with Crippen molar-refractivity contribution in [2.24, 2.45) is 5.92 Å². The number of nitrogens with zero attached hydrogens (tertiary/aromatic N) is 5. The van der Waals surface area contributed by atoms with Crippen molar-refractivity contribution in [3.8, 4) is 22.8 Å². The molecule has 0 radical (unpaired) electrons. The average Bonchev–Trinajstić information content (AvgIpc) is 3.38. The van der Waals surface area contributed by atoms with Gasteiger partial charge in [-0.2, -0.15) is 8.78 Å². The van der Waals surface area contributed by atoms with Crippen LogP contribution in [0.25, 0.3) is 22.8 Å². The van der Waals surface area contributed by atoms with Crippen LogP contribution in [0.5, 0.6) is 0 Å². The molecule has 0 bridgehead atoms. The molecule has 0 N–H and O–H groups in total. The smallest absolute Gasteiger partial charge is 0.314 e. The standard InChI is InChI=1S/C20H20F3N5O2/c1-12(29)27-5-2-13(3-6-27)11-28-7-4-24-18(28)14-8-15(10-16(21)9-14)19-25-26-20(30-19)17(22)23/h4,7-10,13,17H,2-3,5-6,11H2,1H3. The molecule has 1 saturated heterocycles. The van der Waals surface area contributed by atoms with Gasteiger partial charge in [0.05, 0.1) is 0 Å². The Kier molecular flexibility index (Phi) is 5.56. The van der Waals surface area contributed by atoms with Crippen molar-refractivity contribution in [3.63, 3.8) is 0 Å². The van der Waals surface area contributed by atoms with Crippen LogP contribution in [0.3, 0.4) is 0 Å². The third-order valence-electron chi connectivity index (χ3n) is 5.26. The van der Waals surface area contributed by atoms with Crippen molar-refractivity contribution in [3.05, 3.63) is 42.3 Å². The highest BCUT2D eigenvalue weighted by molar-refractivity contribution is 5.73. The largest absolute Gasteiger partial charge is 0.415 e. The van der Waals surface area contributed by atoms with Crippen LogP contribution in [0.4, 0.5) is 13.2 Å². The molecule has 0 aliphatic carbocycles. The van der Waals surface area contributed by atoms with E-state index < -0.39 is 18.1 Å². The second kappa shape index (κ2) is 8.29. The van der Waals surface area contributed by atoms with Gasteiger partial charge in [0.1, 0.15) is 11.6 Å². The highest BCUT2D eigenvalue weighted by Gasteiger charge is 2.23. The Hall–Kier alpha value is -3.17. The molecule has 3 heterocycles. The number of carbonyl (C=O) groups is 1. The monoisotopic (exact) mass is 419 g/mol. The maximum Gasteiger partial charge on any atom is 0.314 e. The molecule has 158 valence electrons. The first-order chi connectivity index (χ1) is 14.4. The van der Waals surface area contributed by atoms with Crippen LogP contribution < -0.4 is 0 Å². The number of imidazole rings is 1.